The van der Waals surface area contributed by atoms with Crippen molar-refractivity contribution in [3.63, 3.8) is 0 Å². The summed E-state index contributed by atoms with van der Waals surface area (Å²) >= 11 is 3.08. The van der Waals surface area contributed by atoms with E-state index < -0.39 is 23.0 Å². The predicted octanol–water partition coefficient (Wildman–Crippen LogP) is 3.35. The number of phenolic OH excluding ortho intramolecular Hbond substituents is 1. The number of benzene rings is 1. The highest BCUT2D eigenvalue weighted by Crippen LogP contribution is 2.38. The van der Waals surface area contributed by atoms with Gasteiger partial charge in [0.1, 0.15) is 0 Å². The molecule has 1 rings (SSSR count). The Kier molecular flexibility index (Phi) is 3.81. The molecule has 0 saturated heterocycles. The Labute approximate surface area is 107 Å². The number of carboxylic acid groups (broad SMARTS) is 1. The maximum atomic E-state index is 13.9. The average Bonchev–Trinajstić information content (AvgIpc) is 2.18. The number of halogens is 2. The molecule has 5 heteroatoms. The van der Waals surface area contributed by atoms with Crippen molar-refractivity contribution in [2.24, 2.45) is 0 Å². The monoisotopic (exact) mass is 304 g/mol. The maximum Gasteiger partial charge on any atom is 0.304 e. The highest BCUT2D eigenvalue weighted by Gasteiger charge is 2.29. The molecule has 0 radical (unpaired) electrons. The summed E-state index contributed by atoms with van der Waals surface area (Å²) in [4.78, 5) is 10.7. The summed E-state index contributed by atoms with van der Waals surface area (Å²) in [5, 5.41) is 18.4. The zero-order valence-corrected chi connectivity index (χ0v) is 11.4. The lowest BCUT2D eigenvalue weighted by Crippen LogP contribution is -2.23. The van der Waals surface area contributed by atoms with Crippen LogP contribution in [-0.4, -0.2) is 16.2 Å². The number of aryl methyl sites for hydroxylation is 1. The van der Waals surface area contributed by atoms with Gasteiger partial charge in [0.15, 0.2) is 11.6 Å². The zero-order chi connectivity index (χ0) is 13.4. The molecule has 0 aromatic heterocycles. The molecule has 3 nitrogen and oxygen atoms in total. The van der Waals surface area contributed by atoms with Crippen molar-refractivity contribution >= 4 is 21.9 Å². The van der Waals surface area contributed by atoms with Gasteiger partial charge in [-0.2, -0.15) is 0 Å². The minimum Gasteiger partial charge on any atom is -0.504 e. The second kappa shape index (κ2) is 4.64. The van der Waals surface area contributed by atoms with E-state index in [4.69, 9.17) is 5.11 Å². The van der Waals surface area contributed by atoms with Crippen LogP contribution in [0.15, 0.2) is 10.5 Å². The topological polar surface area (TPSA) is 57.5 Å². The van der Waals surface area contributed by atoms with Crippen molar-refractivity contribution in [3.05, 3.63) is 27.5 Å². The van der Waals surface area contributed by atoms with Gasteiger partial charge in [-0.15, -0.1) is 0 Å². The fourth-order valence-corrected chi connectivity index (χ4v) is 2.01. The van der Waals surface area contributed by atoms with Gasteiger partial charge >= 0.3 is 5.97 Å². The van der Waals surface area contributed by atoms with Gasteiger partial charge in [0.25, 0.3) is 0 Å². The summed E-state index contributed by atoms with van der Waals surface area (Å²) < 4.78 is 14.2. The van der Waals surface area contributed by atoms with Crippen molar-refractivity contribution in [1.29, 1.82) is 0 Å². The smallest absolute Gasteiger partial charge is 0.304 e. The van der Waals surface area contributed by atoms with Gasteiger partial charge in [-0.3, -0.25) is 4.79 Å². The lowest BCUT2D eigenvalue weighted by Gasteiger charge is -2.25. The standard InChI is InChI=1S/C12H14BrFO3/c1-6-4-7(10(14)11(17)9(6)13)12(2,3)5-8(15)16/h4,17H,5H2,1-3H3,(H,15,16). The van der Waals surface area contributed by atoms with Crippen LogP contribution in [0.4, 0.5) is 4.39 Å². The Morgan fingerprint density at radius 2 is 2.06 bits per heavy atom. The van der Waals surface area contributed by atoms with Crippen molar-refractivity contribution in [3.8, 4) is 5.75 Å². The molecular weight excluding hydrogens is 291 g/mol. The van der Waals surface area contributed by atoms with E-state index in [0.29, 0.717) is 10.0 Å². The molecule has 2 N–H and O–H groups in total. The van der Waals surface area contributed by atoms with Crippen molar-refractivity contribution in [1.82, 2.24) is 0 Å². The lowest BCUT2D eigenvalue weighted by molar-refractivity contribution is -0.138. The van der Waals surface area contributed by atoms with Crippen LogP contribution in [0.5, 0.6) is 5.75 Å². The third-order valence-corrected chi connectivity index (χ3v) is 3.68. The molecule has 1 aromatic carbocycles. The number of aliphatic carboxylic acids is 1. The van der Waals surface area contributed by atoms with Crippen LogP contribution < -0.4 is 0 Å². The highest BCUT2D eigenvalue weighted by atomic mass is 79.9. The Balaban J connectivity index is 3.37. The minimum absolute atomic E-state index is 0.204. The van der Waals surface area contributed by atoms with Gasteiger partial charge in [-0.05, 0) is 34.0 Å². The third-order valence-electron chi connectivity index (χ3n) is 2.68. The molecule has 0 saturated carbocycles. The van der Waals surface area contributed by atoms with Gasteiger partial charge in [-0.25, -0.2) is 4.39 Å². The fourth-order valence-electron chi connectivity index (χ4n) is 1.72. The van der Waals surface area contributed by atoms with Crippen LogP contribution in [0.25, 0.3) is 0 Å². The first-order valence-electron chi connectivity index (χ1n) is 5.06. The van der Waals surface area contributed by atoms with Gasteiger partial charge in [0, 0.05) is 5.41 Å². The van der Waals surface area contributed by atoms with Gasteiger partial charge in [0.05, 0.1) is 10.9 Å². The van der Waals surface area contributed by atoms with Gasteiger partial charge in [-0.1, -0.05) is 19.9 Å². The first-order chi connectivity index (χ1) is 7.66. The summed E-state index contributed by atoms with van der Waals surface area (Å²) in [6.07, 6.45) is -0.204. The SMILES string of the molecule is Cc1cc(C(C)(C)CC(=O)O)c(F)c(O)c1Br. The molecule has 0 spiro atoms. The summed E-state index contributed by atoms with van der Waals surface area (Å²) in [6.45, 7) is 4.97. The Morgan fingerprint density at radius 3 is 2.53 bits per heavy atom. The number of hydrogen-bond acceptors (Lipinski definition) is 2. The van der Waals surface area contributed by atoms with Crippen molar-refractivity contribution in [2.45, 2.75) is 32.6 Å². The molecule has 0 aliphatic carbocycles. The molecule has 0 atom stereocenters. The Bertz CT molecular complexity index is 469. The molecule has 0 amide bonds. The molecule has 17 heavy (non-hydrogen) atoms. The average molecular weight is 305 g/mol. The number of carbonyl (C=O) groups is 1. The van der Waals surface area contributed by atoms with Crippen LogP contribution in [0, 0.1) is 12.7 Å². The van der Waals surface area contributed by atoms with E-state index >= 15 is 0 Å². The number of hydrogen-bond donors (Lipinski definition) is 2. The Hall–Kier alpha value is -1.10. The largest absolute Gasteiger partial charge is 0.504 e. The first kappa shape index (κ1) is 14.0. The van der Waals surface area contributed by atoms with Gasteiger partial charge in [0.2, 0.25) is 0 Å². The van der Waals surface area contributed by atoms with Crippen LogP contribution in [0.1, 0.15) is 31.4 Å². The van der Waals surface area contributed by atoms with Crippen LogP contribution in [0.3, 0.4) is 0 Å². The number of carboxylic acids is 1. The van der Waals surface area contributed by atoms with E-state index in [1.54, 1.807) is 26.8 Å². The van der Waals surface area contributed by atoms with E-state index in [2.05, 4.69) is 15.9 Å². The second-order valence-corrected chi connectivity index (χ2v) is 5.46. The van der Waals surface area contributed by atoms with Gasteiger partial charge < -0.3 is 10.2 Å². The molecule has 0 unspecified atom stereocenters. The molecule has 1 aromatic rings. The molecule has 0 aliphatic heterocycles. The summed E-state index contributed by atoms with van der Waals surface area (Å²) in [5.74, 6) is -2.25. The second-order valence-electron chi connectivity index (χ2n) is 4.67. The normalized spacial score (nSPS) is 11.6. The fraction of sp³-hybridized carbons (Fsp3) is 0.417. The predicted molar refractivity (Wildman–Crippen MR) is 65.8 cm³/mol. The summed E-state index contributed by atoms with van der Waals surface area (Å²) in [7, 11) is 0. The molecular formula is C12H14BrFO3. The number of phenols is 1. The van der Waals surface area contributed by atoms with E-state index in [0.717, 1.165) is 0 Å². The van der Waals surface area contributed by atoms with Crippen LogP contribution >= 0.6 is 15.9 Å². The Morgan fingerprint density at radius 1 is 1.53 bits per heavy atom. The quantitative estimate of drug-likeness (QED) is 0.900. The van der Waals surface area contributed by atoms with E-state index in [-0.39, 0.29) is 12.0 Å². The van der Waals surface area contributed by atoms with Crippen LogP contribution in [-0.2, 0) is 10.2 Å². The maximum absolute atomic E-state index is 13.9. The minimum atomic E-state index is -1.01. The molecule has 0 bridgehead atoms. The first-order valence-corrected chi connectivity index (χ1v) is 5.86. The zero-order valence-electron chi connectivity index (χ0n) is 9.84. The number of rotatable bonds is 3. The highest BCUT2D eigenvalue weighted by molar-refractivity contribution is 9.10. The van der Waals surface area contributed by atoms with Crippen LogP contribution in [0.2, 0.25) is 0 Å². The molecule has 0 aliphatic rings. The third kappa shape index (κ3) is 2.77. The van der Waals surface area contributed by atoms with Crippen molar-refractivity contribution in [2.75, 3.05) is 0 Å². The summed E-state index contributed by atoms with van der Waals surface area (Å²) in [6, 6.07) is 1.56. The number of aromatic hydroxyl groups is 1. The van der Waals surface area contributed by atoms with E-state index in [1.807, 2.05) is 0 Å². The lowest BCUT2D eigenvalue weighted by atomic mass is 9.80. The van der Waals surface area contributed by atoms with Crippen molar-refractivity contribution < 1.29 is 19.4 Å². The molecule has 0 fully saturated rings. The summed E-state index contributed by atoms with van der Waals surface area (Å²) in [5.41, 5.74) is -0.00533. The van der Waals surface area contributed by atoms with E-state index in [9.17, 15) is 14.3 Å². The molecule has 94 valence electrons. The van der Waals surface area contributed by atoms with E-state index in [1.165, 1.54) is 0 Å². The molecule has 0 heterocycles.